The van der Waals surface area contributed by atoms with Crippen molar-refractivity contribution in [2.45, 2.75) is 24.9 Å². The molecule has 0 radical (unpaired) electrons. The van der Waals surface area contributed by atoms with Crippen molar-refractivity contribution in [2.24, 2.45) is 5.14 Å². The maximum absolute atomic E-state index is 13.7. The van der Waals surface area contributed by atoms with E-state index < -0.39 is 11.9 Å². The molecule has 2 N–H and O–H groups in total. The summed E-state index contributed by atoms with van der Waals surface area (Å²) in [4.78, 5) is 4.92. The fourth-order valence-corrected chi connectivity index (χ4v) is 3.28. The van der Waals surface area contributed by atoms with E-state index in [0.717, 1.165) is 12.8 Å². The molecule has 28 heavy (non-hydrogen) atoms. The fraction of sp³-hybridized carbons (Fsp3) is 0.211. The molecule has 4 rings (SSSR count). The minimum Gasteiger partial charge on any atom is -0.324 e. The summed E-state index contributed by atoms with van der Waals surface area (Å²) in [6.07, 6.45) is -3.06. The van der Waals surface area contributed by atoms with E-state index in [4.69, 9.17) is 10.0 Å². The highest BCUT2D eigenvalue weighted by Crippen LogP contribution is 2.50. The van der Waals surface area contributed by atoms with Crippen LogP contribution in [0.3, 0.4) is 0 Å². The van der Waals surface area contributed by atoms with E-state index in [1.165, 1.54) is 4.68 Å². The van der Waals surface area contributed by atoms with Crippen molar-refractivity contribution >= 4 is 12.2 Å². The number of benzene rings is 2. The van der Waals surface area contributed by atoms with Crippen molar-refractivity contribution in [2.75, 3.05) is 0 Å². The van der Waals surface area contributed by atoms with Gasteiger partial charge in [0.1, 0.15) is 12.2 Å². The van der Waals surface area contributed by atoms with Gasteiger partial charge in [-0.15, -0.1) is 0 Å². The molecule has 1 aliphatic carbocycles. The van der Waals surface area contributed by atoms with Crippen LogP contribution in [-0.4, -0.2) is 9.78 Å². The van der Waals surface area contributed by atoms with Gasteiger partial charge in [0.2, 0.25) is 0 Å². The lowest BCUT2D eigenvalue weighted by Gasteiger charge is -2.11. The van der Waals surface area contributed by atoms with Crippen LogP contribution in [0.15, 0.2) is 54.6 Å². The summed E-state index contributed by atoms with van der Waals surface area (Å²) in [5.74, 6) is 0.242. The molecule has 1 fully saturated rings. The first-order chi connectivity index (χ1) is 13.5. The molecule has 0 atom stereocenters. The van der Waals surface area contributed by atoms with E-state index >= 15 is 0 Å². The molecular formula is C19H16F3N3O2S. The highest BCUT2D eigenvalue weighted by Gasteiger charge is 2.44. The Balaban J connectivity index is 1.87. The molecule has 0 aliphatic heterocycles. The molecule has 0 bridgehead atoms. The third-order valence-electron chi connectivity index (χ3n) is 4.47. The summed E-state index contributed by atoms with van der Waals surface area (Å²) in [7, 11) is 0. The van der Waals surface area contributed by atoms with Gasteiger partial charge in [0.25, 0.3) is 0 Å². The standard InChI is InChI=1S/C19H16F3N3O2S/c20-19(21,22)18-16(12-6-7-12)17(13-4-2-1-3-5-13)25(24-18)14-8-10-15(11-9-14)26-27-28-23/h1-5,8-12H,6-7,23H2. The van der Waals surface area contributed by atoms with E-state index in [1.807, 2.05) is 6.07 Å². The van der Waals surface area contributed by atoms with Gasteiger partial charge in [-0.05, 0) is 43.0 Å². The summed E-state index contributed by atoms with van der Waals surface area (Å²) in [5, 5.41) is 9.10. The summed E-state index contributed by atoms with van der Waals surface area (Å²) in [6, 6.07) is 15.4. The van der Waals surface area contributed by atoms with Crippen molar-refractivity contribution < 1.29 is 22.4 Å². The molecule has 1 aromatic heterocycles. The van der Waals surface area contributed by atoms with Gasteiger partial charge in [-0.1, -0.05) is 34.7 Å². The molecule has 2 aromatic carbocycles. The smallest absolute Gasteiger partial charge is 0.324 e. The van der Waals surface area contributed by atoms with E-state index in [2.05, 4.69) is 9.43 Å². The number of rotatable bonds is 6. The Bertz CT molecular complexity index is 955. The quantitative estimate of drug-likeness (QED) is 0.261. The topological polar surface area (TPSA) is 62.3 Å². The summed E-state index contributed by atoms with van der Waals surface area (Å²) < 4.78 is 47.2. The predicted octanol–water partition coefficient (Wildman–Crippen LogP) is 5.27. The Morgan fingerprint density at radius 2 is 1.71 bits per heavy atom. The average Bonchev–Trinajstić information content (AvgIpc) is 3.45. The first kappa shape index (κ1) is 18.9. The minimum atomic E-state index is -4.53. The highest BCUT2D eigenvalue weighted by atomic mass is 32.2. The average molecular weight is 407 g/mol. The maximum atomic E-state index is 13.7. The third-order valence-corrected chi connectivity index (χ3v) is 4.62. The lowest BCUT2D eigenvalue weighted by molar-refractivity contribution is -0.142. The van der Waals surface area contributed by atoms with Crippen LogP contribution in [0.4, 0.5) is 13.2 Å². The maximum Gasteiger partial charge on any atom is 0.435 e. The van der Waals surface area contributed by atoms with Crippen molar-refractivity contribution in [3.63, 3.8) is 0 Å². The lowest BCUT2D eigenvalue weighted by atomic mass is 10.0. The number of aromatic nitrogens is 2. The Morgan fingerprint density at radius 1 is 1.04 bits per heavy atom. The monoisotopic (exact) mass is 407 g/mol. The number of nitrogens with zero attached hydrogens (tertiary/aromatic N) is 2. The minimum absolute atomic E-state index is 0.127. The molecule has 0 unspecified atom stereocenters. The van der Waals surface area contributed by atoms with E-state index in [1.54, 1.807) is 48.5 Å². The largest absolute Gasteiger partial charge is 0.435 e. The molecule has 1 heterocycles. The Morgan fingerprint density at radius 3 is 2.29 bits per heavy atom. The number of hydrogen-bond donors (Lipinski definition) is 1. The van der Waals surface area contributed by atoms with Gasteiger partial charge in [0.15, 0.2) is 11.4 Å². The first-order valence-electron chi connectivity index (χ1n) is 8.55. The SMILES string of the molecule is NSOOc1ccc(-n2nc(C(F)(F)F)c(C3CC3)c2-c2ccccc2)cc1. The van der Waals surface area contributed by atoms with Crippen molar-refractivity contribution in [3.05, 3.63) is 65.9 Å². The zero-order valence-corrected chi connectivity index (χ0v) is 15.3. The lowest BCUT2D eigenvalue weighted by Crippen LogP contribution is -2.09. The van der Waals surface area contributed by atoms with Gasteiger partial charge in [-0.3, -0.25) is 5.14 Å². The normalized spacial score (nSPS) is 14.3. The number of hydrogen-bond acceptors (Lipinski definition) is 5. The summed E-state index contributed by atoms with van der Waals surface area (Å²) >= 11 is 0.550. The zero-order valence-electron chi connectivity index (χ0n) is 14.5. The Kier molecular flexibility index (Phi) is 5.05. The van der Waals surface area contributed by atoms with E-state index in [0.29, 0.717) is 34.9 Å². The molecule has 1 saturated carbocycles. The Labute approximate surface area is 163 Å². The molecule has 3 aromatic rings. The van der Waals surface area contributed by atoms with Crippen LogP contribution in [0.1, 0.15) is 30.0 Å². The number of nitrogens with two attached hydrogens (primary N) is 1. The van der Waals surface area contributed by atoms with Gasteiger partial charge < -0.3 is 4.89 Å². The molecular weight excluding hydrogens is 391 g/mol. The zero-order chi connectivity index (χ0) is 19.7. The van der Waals surface area contributed by atoms with Crippen LogP contribution < -0.4 is 10.0 Å². The molecule has 9 heteroatoms. The van der Waals surface area contributed by atoms with Crippen LogP contribution in [-0.2, 0) is 10.5 Å². The van der Waals surface area contributed by atoms with Gasteiger partial charge >= 0.3 is 6.18 Å². The fourth-order valence-electron chi connectivity index (χ4n) is 3.16. The van der Waals surface area contributed by atoms with Crippen LogP contribution in [0.5, 0.6) is 5.75 Å². The van der Waals surface area contributed by atoms with E-state index in [-0.39, 0.29) is 11.5 Å². The molecule has 0 spiro atoms. The summed E-state index contributed by atoms with van der Waals surface area (Å²) in [6.45, 7) is 0. The molecule has 0 saturated heterocycles. The second kappa shape index (κ2) is 7.50. The Hall–Kier alpha value is -2.49. The van der Waals surface area contributed by atoms with Gasteiger partial charge in [0.05, 0.1) is 11.4 Å². The van der Waals surface area contributed by atoms with Crippen LogP contribution in [0.25, 0.3) is 16.9 Å². The molecule has 5 nitrogen and oxygen atoms in total. The second-order valence-electron chi connectivity index (χ2n) is 6.40. The van der Waals surface area contributed by atoms with Crippen LogP contribution in [0.2, 0.25) is 0 Å². The van der Waals surface area contributed by atoms with Crippen molar-refractivity contribution in [1.82, 2.24) is 9.78 Å². The molecule has 146 valence electrons. The second-order valence-corrected chi connectivity index (χ2v) is 6.73. The number of halogens is 3. The molecule has 0 amide bonds. The van der Waals surface area contributed by atoms with Gasteiger partial charge in [-0.25, -0.2) is 4.68 Å². The van der Waals surface area contributed by atoms with Crippen molar-refractivity contribution in [1.29, 1.82) is 0 Å². The van der Waals surface area contributed by atoms with Crippen molar-refractivity contribution in [3.8, 4) is 22.7 Å². The van der Waals surface area contributed by atoms with Gasteiger partial charge in [-0.2, -0.15) is 18.3 Å². The summed E-state index contributed by atoms with van der Waals surface area (Å²) in [5.41, 5.74) is 1.09. The third kappa shape index (κ3) is 3.73. The molecule has 1 aliphatic rings. The van der Waals surface area contributed by atoms with Gasteiger partial charge in [0, 0.05) is 11.1 Å². The van der Waals surface area contributed by atoms with Crippen LogP contribution >= 0.6 is 12.2 Å². The predicted molar refractivity (Wildman–Crippen MR) is 99.5 cm³/mol. The van der Waals surface area contributed by atoms with E-state index in [9.17, 15) is 13.2 Å². The number of alkyl halides is 3. The first-order valence-corrected chi connectivity index (χ1v) is 9.35. The highest BCUT2D eigenvalue weighted by molar-refractivity contribution is 7.92. The van der Waals surface area contributed by atoms with Crippen LogP contribution in [0, 0.1) is 0 Å².